The Labute approximate surface area is 145 Å². The SMILES string of the molecule is Cc1cc[c-](C)c1C.Cc1cc[c-](C)c1C.[Cl-].[Cl-].[Ti+4]. The van der Waals surface area contributed by atoms with Gasteiger partial charge >= 0.3 is 21.7 Å². The summed E-state index contributed by atoms with van der Waals surface area (Å²) in [5.74, 6) is 0. The van der Waals surface area contributed by atoms with Crippen LogP contribution in [0.25, 0.3) is 0 Å². The largest absolute Gasteiger partial charge is 4.00 e. The summed E-state index contributed by atoms with van der Waals surface area (Å²) in [4.78, 5) is 0. The quantitative estimate of drug-likeness (QED) is 0.414. The zero-order chi connectivity index (χ0) is 12.3. The van der Waals surface area contributed by atoms with Gasteiger partial charge in [0.25, 0.3) is 0 Å². The van der Waals surface area contributed by atoms with Crippen LogP contribution in [0.15, 0.2) is 24.3 Å². The molecule has 104 valence electrons. The molecule has 0 aliphatic rings. The van der Waals surface area contributed by atoms with Crippen LogP contribution in [-0.2, 0) is 21.7 Å². The van der Waals surface area contributed by atoms with E-state index in [0.29, 0.717) is 0 Å². The maximum Gasteiger partial charge on any atom is 4.00 e. The molecule has 0 heterocycles. The maximum atomic E-state index is 2.16. The molecular formula is C16H22Cl2Ti. The van der Waals surface area contributed by atoms with Crippen LogP contribution >= 0.6 is 0 Å². The van der Waals surface area contributed by atoms with E-state index >= 15 is 0 Å². The molecule has 2 rings (SSSR count). The van der Waals surface area contributed by atoms with Gasteiger partial charge in [0.05, 0.1) is 0 Å². The molecule has 0 radical (unpaired) electrons. The number of hydrogen-bond acceptors (Lipinski definition) is 0. The van der Waals surface area contributed by atoms with E-state index in [1.54, 1.807) is 0 Å². The summed E-state index contributed by atoms with van der Waals surface area (Å²) < 4.78 is 0. The van der Waals surface area contributed by atoms with Crippen molar-refractivity contribution in [3.05, 3.63) is 57.6 Å². The molecule has 0 amide bonds. The molecule has 0 spiro atoms. The van der Waals surface area contributed by atoms with Crippen molar-refractivity contribution in [1.29, 1.82) is 0 Å². The molecule has 3 heteroatoms. The number of halogens is 2. The fraction of sp³-hybridized carbons (Fsp3) is 0.375. The van der Waals surface area contributed by atoms with E-state index in [1.807, 2.05) is 0 Å². The van der Waals surface area contributed by atoms with E-state index in [4.69, 9.17) is 0 Å². The molecular weight excluding hydrogens is 311 g/mol. The third-order valence-electron chi connectivity index (χ3n) is 3.53. The van der Waals surface area contributed by atoms with E-state index < -0.39 is 0 Å². The van der Waals surface area contributed by atoms with Gasteiger partial charge in [-0.15, -0.1) is 0 Å². The van der Waals surface area contributed by atoms with Gasteiger partial charge in [-0.05, 0) is 0 Å². The Kier molecular flexibility index (Phi) is 13.6. The standard InChI is InChI=1S/2C8H11.2ClH.Ti/c2*1-6-4-5-7(2)8(6)3;;;/h2*4-5H,1-3H3;2*1H;/q2*-1;;;+4/p-2. The van der Waals surface area contributed by atoms with Crippen molar-refractivity contribution in [2.45, 2.75) is 41.5 Å². The predicted molar refractivity (Wildman–Crippen MR) is 72.5 cm³/mol. The van der Waals surface area contributed by atoms with Gasteiger partial charge in [-0.3, -0.25) is 0 Å². The molecule has 2 aromatic carbocycles. The summed E-state index contributed by atoms with van der Waals surface area (Å²) in [5.41, 5.74) is 8.49. The minimum Gasteiger partial charge on any atom is -1.00 e. The third-order valence-corrected chi connectivity index (χ3v) is 3.53. The van der Waals surface area contributed by atoms with Gasteiger partial charge in [-0.1, -0.05) is 41.5 Å². The Morgan fingerprint density at radius 2 is 0.947 bits per heavy atom. The van der Waals surface area contributed by atoms with Gasteiger partial charge in [-0.25, -0.2) is 12.1 Å². The van der Waals surface area contributed by atoms with Crippen LogP contribution in [0.3, 0.4) is 0 Å². The van der Waals surface area contributed by atoms with Crippen LogP contribution in [0, 0.1) is 41.5 Å². The van der Waals surface area contributed by atoms with Gasteiger partial charge in [0, 0.05) is 0 Å². The Morgan fingerprint density at radius 1 is 0.684 bits per heavy atom. The van der Waals surface area contributed by atoms with Crippen molar-refractivity contribution >= 4 is 0 Å². The average molecular weight is 333 g/mol. The van der Waals surface area contributed by atoms with Crippen molar-refractivity contribution in [2.24, 2.45) is 0 Å². The molecule has 2 aromatic rings. The summed E-state index contributed by atoms with van der Waals surface area (Å²) >= 11 is 0. The summed E-state index contributed by atoms with van der Waals surface area (Å²) in [6.07, 6.45) is 0. The van der Waals surface area contributed by atoms with E-state index in [0.717, 1.165) is 0 Å². The van der Waals surface area contributed by atoms with Crippen LogP contribution in [0.5, 0.6) is 0 Å². The molecule has 0 aliphatic heterocycles. The zero-order valence-electron chi connectivity index (χ0n) is 12.6. The second-order valence-corrected chi connectivity index (χ2v) is 4.65. The van der Waals surface area contributed by atoms with Gasteiger partial charge in [-0.2, -0.15) is 45.5 Å². The van der Waals surface area contributed by atoms with Crippen molar-refractivity contribution in [3.63, 3.8) is 0 Å². The predicted octanol–water partition coefficient (Wildman–Crippen LogP) is -1.33. The van der Waals surface area contributed by atoms with E-state index in [2.05, 4.69) is 65.8 Å². The second-order valence-electron chi connectivity index (χ2n) is 4.65. The van der Waals surface area contributed by atoms with Crippen LogP contribution in [0.4, 0.5) is 0 Å². The molecule has 0 aliphatic carbocycles. The topological polar surface area (TPSA) is 0 Å². The zero-order valence-corrected chi connectivity index (χ0v) is 15.6. The molecule has 19 heavy (non-hydrogen) atoms. The third kappa shape index (κ3) is 6.81. The molecule has 0 bridgehead atoms. The average Bonchev–Trinajstić information content (AvgIpc) is 2.70. The van der Waals surface area contributed by atoms with Gasteiger partial charge in [0.1, 0.15) is 0 Å². The normalized spacial score (nSPS) is 8.32. The van der Waals surface area contributed by atoms with E-state index in [-0.39, 0.29) is 46.5 Å². The fourth-order valence-electron chi connectivity index (χ4n) is 1.62. The number of aryl methyl sites for hydroxylation is 4. The second kappa shape index (κ2) is 10.7. The molecule has 0 fully saturated rings. The molecule has 0 saturated heterocycles. The molecule has 0 N–H and O–H groups in total. The van der Waals surface area contributed by atoms with E-state index in [9.17, 15) is 0 Å². The molecule has 0 atom stereocenters. The first kappa shape index (κ1) is 24.0. The maximum absolute atomic E-state index is 2.16. The summed E-state index contributed by atoms with van der Waals surface area (Å²) in [6.45, 7) is 12.9. The molecule has 0 nitrogen and oxygen atoms in total. The Balaban J connectivity index is -0.000000233. The van der Waals surface area contributed by atoms with Crippen LogP contribution in [0.2, 0.25) is 0 Å². The van der Waals surface area contributed by atoms with Crippen molar-refractivity contribution in [1.82, 2.24) is 0 Å². The Bertz CT molecular complexity index is 384. The summed E-state index contributed by atoms with van der Waals surface area (Å²) in [7, 11) is 0. The number of rotatable bonds is 0. The summed E-state index contributed by atoms with van der Waals surface area (Å²) in [5, 5.41) is 0. The minimum atomic E-state index is 0. The molecule has 0 aromatic heterocycles. The minimum absolute atomic E-state index is 0. The van der Waals surface area contributed by atoms with Gasteiger partial charge in [0.2, 0.25) is 0 Å². The van der Waals surface area contributed by atoms with Gasteiger partial charge < -0.3 is 24.8 Å². The van der Waals surface area contributed by atoms with Gasteiger partial charge in [0.15, 0.2) is 0 Å². The smallest absolute Gasteiger partial charge is 1.00 e. The number of hydrogen-bond donors (Lipinski definition) is 0. The van der Waals surface area contributed by atoms with Crippen LogP contribution in [-0.4, -0.2) is 0 Å². The Hall–Kier alpha value is -0.00571. The summed E-state index contributed by atoms with van der Waals surface area (Å²) in [6, 6.07) is 8.63. The van der Waals surface area contributed by atoms with Crippen molar-refractivity contribution in [3.8, 4) is 0 Å². The van der Waals surface area contributed by atoms with Crippen LogP contribution in [0.1, 0.15) is 33.4 Å². The first-order chi connectivity index (χ1) is 7.43. The van der Waals surface area contributed by atoms with Crippen molar-refractivity contribution < 1.29 is 46.5 Å². The molecule has 0 saturated carbocycles. The van der Waals surface area contributed by atoms with E-state index in [1.165, 1.54) is 33.4 Å². The Morgan fingerprint density at radius 3 is 1.00 bits per heavy atom. The molecule has 0 unspecified atom stereocenters. The monoisotopic (exact) mass is 332 g/mol. The van der Waals surface area contributed by atoms with Crippen LogP contribution < -0.4 is 24.8 Å². The fourth-order valence-corrected chi connectivity index (χ4v) is 1.62. The first-order valence-electron chi connectivity index (χ1n) is 5.82. The first-order valence-corrected chi connectivity index (χ1v) is 5.82. The van der Waals surface area contributed by atoms with Crippen molar-refractivity contribution in [2.75, 3.05) is 0 Å².